The molecule has 1 aromatic heterocycles. The molecule has 132 valence electrons. The quantitative estimate of drug-likeness (QED) is 0.296. The van der Waals surface area contributed by atoms with Gasteiger partial charge in [-0.3, -0.25) is 19.8 Å². The van der Waals surface area contributed by atoms with Crippen LogP contribution in [0.25, 0.3) is 10.9 Å². The van der Waals surface area contributed by atoms with Gasteiger partial charge in [-0.05, 0) is 24.3 Å². The second-order valence-electron chi connectivity index (χ2n) is 5.40. The molecule has 25 heavy (non-hydrogen) atoms. The standard InChI is InChI=1S/C16H19N5O4/c17-15(18)9-1-2-11-10(7-9)8-12(21-11)16(25)20-5-3-13(22)19-6-4-14(23)24/h1-2,7-8,21H,3-6H2,(H3,17,18)(H,19,22)(H,20,25)(H,23,24). The maximum Gasteiger partial charge on any atom is 0.305 e. The Balaban J connectivity index is 1.86. The van der Waals surface area contributed by atoms with Gasteiger partial charge in [0, 0.05) is 36.0 Å². The van der Waals surface area contributed by atoms with Crippen LogP contribution in [0, 0.1) is 5.41 Å². The van der Waals surface area contributed by atoms with E-state index >= 15 is 0 Å². The van der Waals surface area contributed by atoms with E-state index in [0.29, 0.717) is 11.3 Å². The van der Waals surface area contributed by atoms with Crippen molar-refractivity contribution in [1.82, 2.24) is 15.6 Å². The number of hydrogen-bond acceptors (Lipinski definition) is 4. The number of aromatic amines is 1. The number of amidine groups is 1. The Labute approximate surface area is 143 Å². The summed E-state index contributed by atoms with van der Waals surface area (Å²) in [5, 5.41) is 21.7. The third-order valence-corrected chi connectivity index (χ3v) is 3.48. The second-order valence-corrected chi connectivity index (χ2v) is 5.40. The highest BCUT2D eigenvalue weighted by atomic mass is 16.4. The van der Waals surface area contributed by atoms with Crippen molar-refractivity contribution in [2.45, 2.75) is 12.8 Å². The van der Waals surface area contributed by atoms with Gasteiger partial charge in [0.05, 0.1) is 6.42 Å². The van der Waals surface area contributed by atoms with Gasteiger partial charge in [-0.25, -0.2) is 0 Å². The fourth-order valence-electron chi connectivity index (χ4n) is 2.20. The zero-order valence-corrected chi connectivity index (χ0v) is 13.4. The first-order valence-electron chi connectivity index (χ1n) is 7.60. The Morgan fingerprint density at radius 3 is 2.52 bits per heavy atom. The van der Waals surface area contributed by atoms with Crippen molar-refractivity contribution in [3.8, 4) is 0 Å². The molecule has 7 N–H and O–H groups in total. The molecule has 0 radical (unpaired) electrons. The molecule has 0 atom stereocenters. The Morgan fingerprint density at radius 2 is 1.84 bits per heavy atom. The number of H-pyrrole nitrogens is 1. The number of hydrogen-bond donors (Lipinski definition) is 6. The molecule has 0 bridgehead atoms. The molecule has 2 aromatic rings. The number of fused-ring (bicyclic) bond motifs is 1. The predicted molar refractivity (Wildman–Crippen MR) is 91.5 cm³/mol. The lowest BCUT2D eigenvalue weighted by Gasteiger charge is -2.05. The Kier molecular flexibility index (Phi) is 5.72. The van der Waals surface area contributed by atoms with Gasteiger partial charge < -0.3 is 26.5 Å². The first-order chi connectivity index (χ1) is 11.9. The van der Waals surface area contributed by atoms with Gasteiger partial charge >= 0.3 is 5.97 Å². The molecule has 0 fully saturated rings. The van der Waals surface area contributed by atoms with Gasteiger partial charge in [-0.2, -0.15) is 0 Å². The third kappa shape index (κ3) is 5.06. The van der Waals surface area contributed by atoms with E-state index in [1.54, 1.807) is 24.3 Å². The van der Waals surface area contributed by atoms with Gasteiger partial charge in [0.15, 0.2) is 0 Å². The average molecular weight is 345 g/mol. The fraction of sp³-hybridized carbons (Fsp3) is 0.250. The molecule has 1 aromatic carbocycles. The molecule has 9 nitrogen and oxygen atoms in total. The SMILES string of the molecule is N=C(N)c1ccc2[nH]c(C(=O)NCCC(=O)NCCC(=O)O)cc2c1. The third-order valence-electron chi connectivity index (χ3n) is 3.48. The highest BCUT2D eigenvalue weighted by Gasteiger charge is 2.11. The average Bonchev–Trinajstić information content (AvgIpc) is 2.97. The molecular formula is C16H19N5O4. The molecular weight excluding hydrogens is 326 g/mol. The van der Waals surface area contributed by atoms with Crippen LogP contribution in [0.15, 0.2) is 24.3 Å². The van der Waals surface area contributed by atoms with E-state index in [1.165, 1.54) is 0 Å². The number of rotatable bonds is 8. The summed E-state index contributed by atoms with van der Waals surface area (Å²) < 4.78 is 0. The van der Waals surface area contributed by atoms with Crippen LogP contribution in [-0.2, 0) is 9.59 Å². The van der Waals surface area contributed by atoms with E-state index < -0.39 is 5.97 Å². The van der Waals surface area contributed by atoms with Gasteiger partial charge in [0.1, 0.15) is 11.5 Å². The normalized spacial score (nSPS) is 10.4. The lowest BCUT2D eigenvalue weighted by molar-refractivity contribution is -0.136. The molecule has 0 aliphatic rings. The van der Waals surface area contributed by atoms with E-state index in [4.69, 9.17) is 16.2 Å². The molecule has 0 saturated heterocycles. The van der Waals surface area contributed by atoms with Crippen LogP contribution in [0.4, 0.5) is 0 Å². The molecule has 0 unspecified atom stereocenters. The lowest BCUT2D eigenvalue weighted by Crippen LogP contribution is -2.31. The predicted octanol–water partition coefficient (Wildman–Crippen LogP) is 0.163. The maximum absolute atomic E-state index is 12.1. The minimum absolute atomic E-state index is 0.0528. The highest BCUT2D eigenvalue weighted by molar-refractivity contribution is 6.02. The van der Waals surface area contributed by atoms with Crippen molar-refractivity contribution in [2.24, 2.45) is 5.73 Å². The number of carboxylic acids is 1. The fourth-order valence-corrected chi connectivity index (χ4v) is 2.20. The second kappa shape index (κ2) is 7.95. The first-order valence-corrected chi connectivity index (χ1v) is 7.60. The van der Waals surface area contributed by atoms with Crippen molar-refractivity contribution in [2.75, 3.05) is 13.1 Å². The summed E-state index contributed by atoms with van der Waals surface area (Å²) in [5.41, 5.74) is 7.08. The van der Waals surface area contributed by atoms with Gasteiger partial charge in [0.2, 0.25) is 5.91 Å². The van der Waals surface area contributed by atoms with Crippen molar-refractivity contribution >= 4 is 34.5 Å². The first kappa shape index (κ1) is 18.0. The van der Waals surface area contributed by atoms with Gasteiger partial charge in [-0.15, -0.1) is 0 Å². The highest BCUT2D eigenvalue weighted by Crippen LogP contribution is 2.17. The lowest BCUT2D eigenvalue weighted by atomic mass is 10.1. The number of carbonyl (C=O) groups excluding carboxylic acids is 2. The monoisotopic (exact) mass is 345 g/mol. The number of benzene rings is 1. The molecule has 0 spiro atoms. The summed E-state index contributed by atoms with van der Waals surface area (Å²) >= 11 is 0. The number of aromatic nitrogens is 1. The van der Waals surface area contributed by atoms with Crippen LogP contribution in [0.2, 0.25) is 0 Å². The zero-order valence-electron chi connectivity index (χ0n) is 13.4. The summed E-state index contributed by atoms with van der Waals surface area (Å²) in [4.78, 5) is 36.9. The molecule has 2 rings (SSSR count). The Bertz CT molecular complexity index is 827. The topological polar surface area (TPSA) is 161 Å². The number of nitrogen functional groups attached to an aromatic ring is 1. The minimum Gasteiger partial charge on any atom is -0.481 e. The van der Waals surface area contributed by atoms with Crippen LogP contribution in [0.1, 0.15) is 28.9 Å². The molecule has 1 heterocycles. The summed E-state index contributed by atoms with van der Waals surface area (Å²) in [6.07, 6.45) is -0.0878. The number of nitrogens with two attached hydrogens (primary N) is 1. The number of amides is 2. The summed E-state index contributed by atoms with van der Waals surface area (Å²) in [5.74, 6) is -1.73. The maximum atomic E-state index is 12.1. The molecule has 0 saturated carbocycles. The van der Waals surface area contributed by atoms with Crippen molar-refractivity contribution < 1.29 is 19.5 Å². The Morgan fingerprint density at radius 1 is 1.12 bits per heavy atom. The van der Waals surface area contributed by atoms with E-state index in [1.807, 2.05) is 0 Å². The largest absolute Gasteiger partial charge is 0.481 e. The van der Waals surface area contributed by atoms with Crippen molar-refractivity contribution in [3.05, 3.63) is 35.5 Å². The number of carboxylic acid groups (broad SMARTS) is 1. The smallest absolute Gasteiger partial charge is 0.305 e. The van der Waals surface area contributed by atoms with Crippen molar-refractivity contribution in [1.29, 1.82) is 5.41 Å². The van der Waals surface area contributed by atoms with Crippen molar-refractivity contribution in [3.63, 3.8) is 0 Å². The summed E-state index contributed by atoms with van der Waals surface area (Å²) in [6.45, 7) is 0.189. The number of nitrogens with one attached hydrogen (secondary N) is 4. The van der Waals surface area contributed by atoms with Crippen LogP contribution in [0.5, 0.6) is 0 Å². The minimum atomic E-state index is -0.986. The van der Waals surface area contributed by atoms with Crippen LogP contribution in [0.3, 0.4) is 0 Å². The summed E-state index contributed by atoms with van der Waals surface area (Å²) in [7, 11) is 0. The molecule has 0 aliphatic carbocycles. The number of aliphatic carboxylic acids is 1. The number of carbonyl (C=O) groups is 3. The van der Waals surface area contributed by atoms with Gasteiger partial charge in [0.25, 0.3) is 5.91 Å². The van der Waals surface area contributed by atoms with E-state index in [2.05, 4.69) is 15.6 Å². The molecule has 0 aliphatic heterocycles. The van der Waals surface area contributed by atoms with Gasteiger partial charge in [-0.1, -0.05) is 0 Å². The van der Waals surface area contributed by atoms with Crippen LogP contribution in [-0.4, -0.2) is 46.8 Å². The van der Waals surface area contributed by atoms with E-state index in [9.17, 15) is 14.4 Å². The van der Waals surface area contributed by atoms with Crippen LogP contribution < -0.4 is 16.4 Å². The zero-order chi connectivity index (χ0) is 18.4. The summed E-state index contributed by atoms with van der Waals surface area (Å²) in [6, 6.07) is 6.77. The van der Waals surface area contributed by atoms with E-state index in [0.717, 1.165) is 10.9 Å². The van der Waals surface area contributed by atoms with E-state index in [-0.39, 0.29) is 43.6 Å². The molecule has 9 heteroatoms. The molecule has 2 amide bonds. The van der Waals surface area contributed by atoms with Crippen LogP contribution >= 0.6 is 0 Å². The Hall–Kier alpha value is -3.36.